The maximum absolute atomic E-state index is 13.5. The third-order valence-electron chi connectivity index (χ3n) is 6.51. The van der Waals surface area contributed by atoms with E-state index < -0.39 is 16.2 Å². The van der Waals surface area contributed by atoms with E-state index in [0.717, 1.165) is 48.1 Å². The lowest BCUT2D eigenvalue weighted by Gasteiger charge is -2.28. The Morgan fingerprint density at radius 2 is 1.90 bits per heavy atom. The number of non-ortho nitro benzene ring substituents is 1. The zero-order chi connectivity index (χ0) is 21.5. The summed E-state index contributed by atoms with van der Waals surface area (Å²) in [6.45, 7) is 2.19. The molecule has 1 atom stereocenters. The van der Waals surface area contributed by atoms with E-state index in [-0.39, 0.29) is 11.6 Å². The molecule has 2 amide bonds. The molecule has 2 aromatic rings. The van der Waals surface area contributed by atoms with Crippen LogP contribution in [0.5, 0.6) is 0 Å². The standard InChI is InChI=1S/C22H25N3O4S/c1-13-4-9-16-17(12-13)30-20(18(16)19(23)26)24-21(27)22(10-2-3-11-22)14-5-7-15(8-6-14)25(28)29/h5-8,13H,2-4,9-12H2,1H3,(H2,23,26)(H,24,27). The molecule has 2 aliphatic carbocycles. The van der Waals surface area contributed by atoms with Gasteiger partial charge in [-0.1, -0.05) is 31.9 Å². The van der Waals surface area contributed by atoms with Gasteiger partial charge in [-0.2, -0.15) is 0 Å². The summed E-state index contributed by atoms with van der Waals surface area (Å²) < 4.78 is 0. The predicted octanol–water partition coefficient (Wildman–Crippen LogP) is 4.33. The Balaban J connectivity index is 1.68. The lowest BCUT2D eigenvalue weighted by atomic mass is 9.78. The van der Waals surface area contributed by atoms with Crippen molar-refractivity contribution < 1.29 is 14.5 Å². The highest BCUT2D eigenvalue weighted by atomic mass is 32.1. The molecule has 1 aromatic heterocycles. The molecular weight excluding hydrogens is 402 g/mol. The van der Waals surface area contributed by atoms with Crippen molar-refractivity contribution >= 4 is 33.8 Å². The minimum atomic E-state index is -0.748. The van der Waals surface area contributed by atoms with Gasteiger partial charge in [0.05, 0.1) is 15.9 Å². The van der Waals surface area contributed by atoms with Gasteiger partial charge in [0.2, 0.25) is 5.91 Å². The number of hydrogen-bond donors (Lipinski definition) is 2. The smallest absolute Gasteiger partial charge is 0.269 e. The van der Waals surface area contributed by atoms with Gasteiger partial charge in [0.1, 0.15) is 5.00 Å². The lowest BCUT2D eigenvalue weighted by Crippen LogP contribution is -2.38. The maximum atomic E-state index is 13.5. The first-order valence-electron chi connectivity index (χ1n) is 10.3. The van der Waals surface area contributed by atoms with Gasteiger partial charge in [0.15, 0.2) is 0 Å². The summed E-state index contributed by atoms with van der Waals surface area (Å²) in [5.41, 5.74) is 7.15. The number of carbonyl (C=O) groups excluding carboxylic acids is 2. The largest absolute Gasteiger partial charge is 0.365 e. The third-order valence-corrected chi connectivity index (χ3v) is 7.68. The Morgan fingerprint density at radius 3 is 2.50 bits per heavy atom. The van der Waals surface area contributed by atoms with E-state index in [9.17, 15) is 19.7 Å². The van der Waals surface area contributed by atoms with Crippen molar-refractivity contribution in [1.82, 2.24) is 0 Å². The van der Waals surface area contributed by atoms with E-state index in [4.69, 9.17) is 5.73 Å². The highest BCUT2D eigenvalue weighted by molar-refractivity contribution is 7.17. The minimum absolute atomic E-state index is 0.00312. The molecule has 7 nitrogen and oxygen atoms in total. The van der Waals surface area contributed by atoms with Crippen LogP contribution in [0.1, 0.15) is 65.4 Å². The number of nitro groups is 1. The Morgan fingerprint density at radius 1 is 1.23 bits per heavy atom. The number of rotatable bonds is 5. The molecule has 1 fully saturated rings. The molecule has 0 saturated heterocycles. The molecule has 8 heteroatoms. The first kappa shape index (κ1) is 20.5. The first-order chi connectivity index (χ1) is 14.3. The number of amides is 2. The van der Waals surface area contributed by atoms with Crippen molar-refractivity contribution in [2.75, 3.05) is 5.32 Å². The van der Waals surface area contributed by atoms with Crippen LogP contribution < -0.4 is 11.1 Å². The van der Waals surface area contributed by atoms with Crippen LogP contribution in [-0.4, -0.2) is 16.7 Å². The summed E-state index contributed by atoms with van der Waals surface area (Å²) in [6, 6.07) is 6.25. The molecule has 30 heavy (non-hydrogen) atoms. The number of nitrogens with one attached hydrogen (secondary N) is 1. The normalized spacial score (nSPS) is 19.8. The summed E-state index contributed by atoms with van der Waals surface area (Å²) >= 11 is 1.46. The number of thiophene rings is 1. The highest BCUT2D eigenvalue weighted by Gasteiger charge is 2.43. The second kappa shape index (κ2) is 7.83. The van der Waals surface area contributed by atoms with Gasteiger partial charge in [-0.3, -0.25) is 19.7 Å². The molecule has 1 saturated carbocycles. The van der Waals surface area contributed by atoms with Gasteiger partial charge in [-0.15, -0.1) is 11.3 Å². The number of hydrogen-bond acceptors (Lipinski definition) is 5. The molecule has 0 aliphatic heterocycles. The van der Waals surface area contributed by atoms with Crippen LogP contribution in [-0.2, 0) is 23.1 Å². The van der Waals surface area contributed by atoms with Crippen LogP contribution >= 0.6 is 11.3 Å². The molecule has 158 valence electrons. The zero-order valence-electron chi connectivity index (χ0n) is 16.9. The van der Waals surface area contributed by atoms with Gasteiger partial charge in [0.25, 0.3) is 11.6 Å². The fourth-order valence-corrected chi connectivity index (χ4v) is 6.26. The molecule has 0 radical (unpaired) electrons. The van der Waals surface area contributed by atoms with Gasteiger partial charge >= 0.3 is 0 Å². The second-order valence-electron chi connectivity index (χ2n) is 8.47. The number of nitrogens with two attached hydrogens (primary N) is 1. The van der Waals surface area contributed by atoms with Gasteiger partial charge in [-0.05, 0) is 49.1 Å². The van der Waals surface area contributed by atoms with Crippen LogP contribution in [0.3, 0.4) is 0 Å². The zero-order valence-corrected chi connectivity index (χ0v) is 17.7. The first-order valence-corrected chi connectivity index (χ1v) is 11.1. The minimum Gasteiger partial charge on any atom is -0.365 e. The van der Waals surface area contributed by atoms with Crippen molar-refractivity contribution in [3.63, 3.8) is 0 Å². The number of anilines is 1. The van der Waals surface area contributed by atoms with Crippen molar-refractivity contribution in [2.45, 2.75) is 57.3 Å². The van der Waals surface area contributed by atoms with E-state index in [1.165, 1.54) is 23.5 Å². The fraction of sp³-hybridized carbons (Fsp3) is 0.455. The van der Waals surface area contributed by atoms with Crippen LogP contribution in [0.2, 0.25) is 0 Å². The van der Waals surface area contributed by atoms with E-state index in [0.29, 0.717) is 29.3 Å². The highest BCUT2D eigenvalue weighted by Crippen LogP contribution is 2.44. The van der Waals surface area contributed by atoms with Crippen molar-refractivity contribution in [3.8, 4) is 0 Å². The number of benzene rings is 1. The van der Waals surface area contributed by atoms with E-state index in [2.05, 4.69) is 12.2 Å². The molecule has 0 spiro atoms. The Bertz CT molecular complexity index is 1010. The molecule has 4 rings (SSSR count). The summed E-state index contributed by atoms with van der Waals surface area (Å²) in [4.78, 5) is 37.4. The number of nitrogens with zero attached hydrogens (tertiary/aromatic N) is 1. The van der Waals surface area contributed by atoms with E-state index >= 15 is 0 Å². The molecule has 0 bridgehead atoms. The van der Waals surface area contributed by atoms with Crippen LogP contribution in [0.4, 0.5) is 10.7 Å². The summed E-state index contributed by atoms with van der Waals surface area (Å²) in [7, 11) is 0. The Kier molecular flexibility index (Phi) is 5.36. The van der Waals surface area contributed by atoms with E-state index in [1.54, 1.807) is 12.1 Å². The number of carbonyl (C=O) groups is 2. The molecule has 1 heterocycles. The van der Waals surface area contributed by atoms with Crippen LogP contribution in [0.15, 0.2) is 24.3 Å². The van der Waals surface area contributed by atoms with Crippen LogP contribution in [0.25, 0.3) is 0 Å². The number of primary amides is 1. The molecule has 1 unspecified atom stereocenters. The van der Waals surface area contributed by atoms with Gasteiger partial charge < -0.3 is 11.1 Å². The Hall–Kier alpha value is -2.74. The molecule has 3 N–H and O–H groups in total. The Labute approximate surface area is 178 Å². The monoisotopic (exact) mass is 427 g/mol. The third kappa shape index (κ3) is 3.49. The predicted molar refractivity (Wildman–Crippen MR) is 116 cm³/mol. The number of fused-ring (bicyclic) bond motifs is 1. The molecule has 2 aliphatic rings. The quantitative estimate of drug-likeness (QED) is 0.546. The van der Waals surface area contributed by atoms with Crippen LogP contribution in [0, 0.1) is 16.0 Å². The number of nitro benzene ring substituents is 1. The summed E-state index contributed by atoms with van der Waals surface area (Å²) in [6.07, 6.45) is 5.86. The van der Waals surface area contributed by atoms with Gasteiger partial charge in [-0.25, -0.2) is 0 Å². The SMILES string of the molecule is CC1CCc2c(sc(NC(=O)C3(c4ccc([N+](=O)[O-])cc4)CCCC3)c2C(N)=O)C1. The van der Waals surface area contributed by atoms with E-state index in [1.807, 2.05) is 0 Å². The molecular formula is C22H25N3O4S. The lowest BCUT2D eigenvalue weighted by molar-refractivity contribution is -0.384. The summed E-state index contributed by atoms with van der Waals surface area (Å²) in [5, 5.41) is 14.6. The summed E-state index contributed by atoms with van der Waals surface area (Å²) in [5.74, 6) is -0.127. The van der Waals surface area contributed by atoms with Crippen molar-refractivity contribution in [3.05, 3.63) is 55.9 Å². The average Bonchev–Trinajstić information content (AvgIpc) is 3.33. The second-order valence-corrected chi connectivity index (χ2v) is 9.57. The molecule has 1 aromatic carbocycles. The van der Waals surface area contributed by atoms with Crippen molar-refractivity contribution in [1.29, 1.82) is 0 Å². The maximum Gasteiger partial charge on any atom is 0.269 e. The fourth-order valence-electron chi connectivity index (χ4n) is 4.85. The van der Waals surface area contributed by atoms with Gasteiger partial charge in [0, 0.05) is 17.0 Å². The van der Waals surface area contributed by atoms with Crippen molar-refractivity contribution in [2.24, 2.45) is 11.7 Å². The average molecular weight is 428 g/mol. The topological polar surface area (TPSA) is 115 Å².